The van der Waals surface area contributed by atoms with Crippen molar-refractivity contribution in [1.29, 1.82) is 5.26 Å². The molecule has 0 saturated carbocycles. The molecule has 0 fully saturated rings. The Morgan fingerprint density at radius 1 is 1.42 bits per heavy atom. The molecule has 1 amide bonds. The molecular weight excluding hydrogens is 240 g/mol. The number of nitrogens with one attached hydrogen (secondary N) is 2. The molecule has 19 heavy (non-hydrogen) atoms. The molecule has 5 heteroatoms. The van der Waals surface area contributed by atoms with E-state index in [0.29, 0.717) is 11.4 Å². The number of nitriles is 1. The number of hydrogen-bond acceptors (Lipinski definition) is 4. The van der Waals surface area contributed by atoms with E-state index in [1.54, 1.807) is 24.3 Å². The van der Waals surface area contributed by atoms with Gasteiger partial charge in [0.1, 0.15) is 11.6 Å². The van der Waals surface area contributed by atoms with Crippen LogP contribution >= 0.6 is 0 Å². The number of amides is 1. The number of nitrogens with zero attached hydrogens (tertiary/aromatic N) is 1. The highest BCUT2D eigenvalue weighted by atomic mass is 16.1. The number of carbonyl (C=O) groups is 1. The summed E-state index contributed by atoms with van der Waals surface area (Å²) in [6.45, 7) is 2.82. The van der Waals surface area contributed by atoms with Crippen LogP contribution in [0.15, 0.2) is 36.0 Å². The van der Waals surface area contributed by atoms with Crippen LogP contribution in [0.4, 0.5) is 11.4 Å². The lowest BCUT2D eigenvalue weighted by Crippen LogP contribution is -2.17. The summed E-state index contributed by atoms with van der Waals surface area (Å²) < 4.78 is 0. The number of unbranched alkanes of at least 4 members (excludes halogenated alkanes) is 1. The summed E-state index contributed by atoms with van der Waals surface area (Å²) >= 11 is 0. The van der Waals surface area contributed by atoms with Crippen molar-refractivity contribution in [2.45, 2.75) is 19.8 Å². The zero-order valence-corrected chi connectivity index (χ0v) is 10.9. The Morgan fingerprint density at radius 2 is 2.11 bits per heavy atom. The summed E-state index contributed by atoms with van der Waals surface area (Å²) in [5.41, 5.74) is 6.83. The van der Waals surface area contributed by atoms with Gasteiger partial charge in [-0.2, -0.15) is 5.26 Å². The van der Waals surface area contributed by atoms with E-state index in [1.807, 2.05) is 6.07 Å². The highest BCUT2D eigenvalue weighted by molar-refractivity contribution is 6.06. The van der Waals surface area contributed by atoms with Crippen LogP contribution in [0, 0.1) is 11.3 Å². The fourth-order valence-electron chi connectivity index (χ4n) is 1.37. The first-order valence-electron chi connectivity index (χ1n) is 6.18. The summed E-state index contributed by atoms with van der Waals surface area (Å²) in [5.74, 6) is -0.434. The van der Waals surface area contributed by atoms with Crippen LogP contribution in [0.2, 0.25) is 0 Å². The van der Waals surface area contributed by atoms with E-state index in [1.165, 1.54) is 6.20 Å². The second-order valence-electron chi connectivity index (χ2n) is 4.05. The molecule has 0 saturated heterocycles. The van der Waals surface area contributed by atoms with Gasteiger partial charge in [-0.1, -0.05) is 13.3 Å². The molecule has 0 radical (unpaired) electrons. The molecule has 1 rings (SSSR count). The predicted molar refractivity (Wildman–Crippen MR) is 76.1 cm³/mol. The van der Waals surface area contributed by atoms with Crippen LogP contribution in [0.5, 0.6) is 0 Å². The van der Waals surface area contributed by atoms with Gasteiger partial charge < -0.3 is 16.4 Å². The van der Waals surface area contributed by atoms with E-state index in [4.69, 9.17) is 11.0 Å². The molecule has 0 unspecified atom stereocenters. The third-order valence-corrected chi connectivity index (χ3v) is 2.45. The number of benzene rings is 1. The second kappa shape index (κ2) is 7.77. The summed E-state index contributed by atoms with van der Waals surface area (Å²) in [7, 11) is 0. The minimum Gasteiger partial charge on any atom is -0.399 e. The van der Waals surface area contributed by atoms with Gasteiger partial charge in [0, 0.05) is 24.1 Å². The molecule has 1 aromatic carbocycles. The fraction of sp³-hybridized carbons (Fsp3) is 0.286. The van der Waals surface area contributed by atoms with Crippen LogP contribution in [-0.2, 0) is 4.79 Å². The van der Waals surface area contributed by atoms with Gasteiger partial charge in [0.2, 0.25) is 0 Å². The van der Waals surface area contributed by atoms with Crippen molar-refractivity contribution >= 4 is 17.3 Å². The van der Waals surface area contributed by atoms with Crippen LogP contribution in [0.25, 0.3) is 0 Å². The van der Waals surface area contributed by atoms with Gasteiger partial charge in [0.05, 0.1) is 0 Å². The number of nitrogen functional groups attached to an aromatic ring is 1. The van der Waals surface area contributed by atoms with Gasteiger partial charge in [-0.05, 0) is 30.7 Å². The van der Waals surface area contributed by atoms with Crippen molar-refractivity contribution in [2.75, 3.05) is 17.6 Å². The molecule has 0 bridgehead atoms. The summed E-state index contributed by atoms with van der Waals surface area (Å²) in [4.78, 5) is 11.8. The van der Waals surface area contributed by atoms with Crippen LogP contribution in [0.1, 0.15) is 19.8 Å². The first kappa shape index (κ1) is 14.6. The Kier molecular flexibility index (Phi) is 5.96. The van der Waals surface area contributed by atoms with Gasteiger partial charge in [-0.25, -0.2) is 0 Å². The largest absolute Gasteiger partial charge is 0.399 e. The average Bonchev–Trinajstić information content (AvgIpc) is 2.41. The van der Waals surface area contributed by atoms with E-state index in [9.17, 15) is 4.79 Å². The third-order valence-electron chi connectivity index (χ3n) is 2.45. The van der Waals surface area contributed by atoms with Crippen molar-refractivity contribution in [3.63, 3.8) is 0 Å². The molecule has 100 valence electrons. The van der Waals surface area contributed by atoms with Gasteiger partial charge in [-0.15, -0.1) is 0 Å². The number of carbonyl (C=O) groups excluding carboxylic acids is 1. The molecule has 4 N–H and O–H groups in total. The number of nitrogens with two attached hydrogens (primary N) is 1. The smallest absolute Gasteiger partial charge is 0.267 e. The van der Waals surface area contributed by atoms with Crippen molar-refractivity contribution < 1.29 is 4.79 Å². The van der Waals surface area contributed by atoms with E-state index in [0.717, 1.165) is 19.4 Å². The highest BCUT2D eigenvalue weighted by Crippen LogP contribution is 2.11. The van der Waals surface area contributed by atoms with E-state index in [-0.39, 0.29) is 5.57 Å². The van der Waals surface area contributed by atoms with Crippen molar-refractivity contribution in [3.8, 4) is 6.07 Å². The fourth-order valence-corrected chi connectivity index (χ4v) is 1.37. The van der Waals surface area contributed by atoms with Crippen LogP contribution in [-0.4, -0.2) is 12.5 Å². The van der Waals surface area contributed by atoms with Gasteiger partial charge >= 0.3 is 0 Å². The molecule has 0 aromatic heterocycles. The summed E-state index contributed by atoms with van der Waals surface area (Å²) in [6, 6.07) is 8.62. The molecule has 1 aromatic rings. The molecule has 0 aliphatic heterocycles. The van der Waals surface area contributed by atoms with E-state index < -0.39 is 5.91 Å². The molecule has 0 aliphatic carbocycles. The maximum atomic E-state index is 11.8. The molecule has 5 nitrogen and oxygen atoms in total. The normalized spacial score (nSPS) is 10.6. The van der Waals surface area contributed by atoms with E-state index in [2.05, 4.69) is 17.6 Å². The van der Waals surface area contributed by atoms with Crippen LogP contribution in [0.3, 0.4) is 0 Å². The number of rotatable bonds is 6. The monoisotopic (exact) mass is 258 g/mol. The Bertz CT molecular complexity index is 485. The van der Waals surface area contributed by atoms with Gasteiger partial charge in [0.15, 0.2) is 0 Å². The molecule has 0 atom stereocenters. The number of anilines is 2. The third kappa shape index (κ3) is 5.13. The molecular formula is C14H18N4O. The van der Waals surface area contributed by atoms with Gasteiger partial charge in [0.25, 0.3) is 5.91 Å². The van der Waals surface area contributed by atoms with Crippen molar-refractivity contribution in [2.24, 2.45) is 0 Å². The average molecular weight is 258 g/mol. The Morgan fingerprint density at radius 3 is 2.68 bits per heavy atom. The summed E-state index contributed by atoms with van der Waals surface area (Å²) in [5, 5.41) is 14.5. The zero-order chi connectivity index (χ0) is 14.1. The van der Waals surface area contributed by atoms with Crippen LogP contribution < -0.4 is 16.4 Å². The predicted octanol–water partition coefficient (Wildman–Crippen LogP) is 2.00. The lowest BCUT2D eigenvalue weighted by molar-refractivity contribution is -0.112. The maximum Gasteiger partial charge on any atom is 0.267 e. The minimum absolute atomic E-state index is 0.0490. The van der Waals surface area contributed by atoms with E-state index >= 15 is 0 Å². The lowest BCUT2D eigenvalue weighted by Gasteiger charge is -2.05. The quantitative estimate of drug-likeness (QED) is 0.315. The maximum absolute atomic E-state index is 11.8. The second-order valence-corrected chi connectivity index (χ2v) is 4.05. The minimum atomic E-state index is -0.434. The van der Waals surface area contributed by atoms with Gasteiger partial charge in [-0.3, -0.25) is 4.79 Å². The summed E-state index contributed by atoms with van der Waals surface area (Å²) in [6.07, 6.45) is 3.50. The molecule has 0 heterocycles. The highest BCUT2D eigenvalue weighted by Gasteiger charge is 2.08. The van der Waals surface area contributed by atoms with Crippen molar-refractivity contribution in [3.05, 3.63) is 36.0 Å². The first-order chi connectivity index (χ1) is 9.17. The Hall–Kier alpha value is -2.48. The zero-order valence-electron chi connectivity index (χ0n) is 10.9. The lowest BCUT2D eigenvalue weighted by atomic mass is 10.2. The SMILES string of the molecule is CCCCN/C=C(/C#N)C(=O)Nc1ccc(N)cc1. The Balaban J connectivity index is 2.59. The molecule has 0 spiro atoms. The Labute approximate surface area is 113 Å². The topological polar surface area (TPSA) is 90.9 Å². The standard InChI is InChI=1S/C14H18N4O/c1-2-3-8-17-10-11(9-15)14(19)18-13-6-4-12(16)5-7-13/h4-7,10,17H,2-3,8,16H2,1H3,(H,18,19)/b11-10-. The van der Waals surface area contributed by atoms with Crippen molar-refractivity contribution in [1.82, 2.24) is 5.32 Å². The molecule has 0 aliphatic rings. The first-order valence-corrected chi connectivity index (χ1v) is 6.18. The number of hydrogen-bond donors (Lipinski definition) is 3.